The van der Waals surface area contributed by atoms with Crippen LogP contribution in [-0.4, -0.2) is 0 Å². The van der Waals surface area contributed by atoms with E-state index in [1.807, 2.05) is 0 Å². The maximum absolute atomic E-state index is 5.86. The smallest absolute Gasteiger partial charge is 0.0488 e. The number of thiophene rings is 1. The van der Waals surface area contributed by atoms with Gasteiger partial charge in [-0.05, 0) is 33.6 Å². The molecular formula is C9H5Br2ClS. The minimum atomic E-state index is 0.558. The lowest BCUT2D eigenvalue weighted by Gasteiger charge is -1.99. The summed E-state index contributed by atoms with van der Waals surface area (Å²) in [5, 5.41) is 3.32. The number of rotatable bonds is 1. The molecule has 0 bridgehead atoms. The summed E-state index contributed by atoms with van der Waals surface area (Å²) in [7, 11) is 0. The van der Waals surface area contributed by atoms with Crippen molar-refractivity contribution in [2.24, 2.45) is 0 Å². The second-order valence-electron chi connectivity index (χ2n) is 2.66. The molecule has 68 valence electrons. The predicted octanol–water partition coefficient (Wildman–Crippen LogP) is 5.17. The van der Waals surface area contributed by atoms with Gasteiger partial charge in [0.25, 0.3) is 0 Å². The molecule has 1 heterocycles. The summed E-state index contributed by atoms with van der Waals surface area (Å²) >= 11 is 14.6. The van der Waals surface area contributed by atoms with Crippen LogP contribution in [0.5, 0.6) is 0 Å². The standard InChI is InChI=1S/C9H5Br2ClS/c10-6-1-5(3-12)9-7(2-6)8(11)4-13-9/h1-2,4H,3H2. The van der Waals surface area contributed by atoms with E-state index in [0.717, 1.165) is 8.95 Å². The van der Waals surface area contributed by atoms with E-state index in [0.29, 0.717) is 5.88 Å². The Bertz CT molecular complexity index is 450. The van der Waals surface area contributed by atoms with E-state index < -0.39 is 0 Å². The van der Waals surface area contributed by atoms with E-state index >= 15 is 0 Å². The summed E-state index contributed by atoms with van der Waals surface area (Å²) in [6, 6.07) is 4.17. The normalized spacial score (nSPS) is 11.0. The molecule has 2 rings (SSSR count). The monoisotopic (exact) mass is 338 g/mol. The number of hydrogen-bond donors (Lipinski definition) is 0. The first kappa shape index (κ1) is 9.97. The van der Waals surface area contributed by atoms with E-state index in [2.05, 4.69) is 49.4 Å². The van der Waals surface area contributed by atoms with E-state index in [1.165, 1.54) is 15.6 Å². The molecule has 0 nitrogen and oxygen atoms in total. The molecular weight excluding hydrogens is 335 g/mol. The first-order chi connectivity index (χ1) is 6.22. The Labute approximate surface area is 102 Å². The molecule has 0 saturated heterocycles. The molecule has 0 radical (unpaired) electrons. The maximum Gasteiger partial charge on any atom is 0.0488 e. The molecule has 2 aromatic rings. The zero-order valence-corrected chi connectivity index (χ0v) is 11.2. The van der Waals surface area contributed by atoms with Crippen molar-refractivity contribution in [3.05, 3.63) is 32.0 Å². The van der Waals surface area contributed by atoms with Gasteiger partial charge in [0.15, 0.2) is 0 Å². The van der Waals surface area contributed by atoms with Gasteiger partial charge in [0, 0.05) is 30.3 Å². The van der Waals surface area contributed by atoms with Crippen LogP contribution < -0.4 is 0 Å². The average Bonchev–Trinajstić information content (AvgIpc) is 2.47. The van der Waals surface area contributed by atoms with Crippen LogP contribution in [0.4, 0.5) is 0 Å². The number of fused-ring (bicyclic) bond motifs is 1. The summed E-state index contributed by atoms with van der Waals surface area (Å²) in [6.07, 6.45) is 0. The fourth-order valence-corrected chi connectivity index (χ4v) is 3.69. The highest BCUT2D eigenvalue weighted by molar-refractivity contribution is 9.11. The Morgan fingerprint density at radius 3 is 2.77 bits per heavy atom. The largest absolute Gasteiger partial charge is 0.142 e. The highest BCUT2D eigenvalue weighted by Gasteiger charge is 2.06. The number of halogens is 3. The van der Waals surface area contributed by atoms with Crippen LogP contribution >= 0.6 is 54.8 Å². The first-order valence-corrected chi connectivity index (χ1v) is 6.63. The van der Waals surface area contributed by atoms with Gasteiger partial charge in [0.2, 0.25) is 0 Å². The van der Waals surface area contributed by atoms with Gasteiger partial charge in [-0.15, -0.1) is 22.9 Å². The van der Waals surface area contributed by atoms with Crippen molar-refractivity contribution in [2.75, 3.05) is 0 Å². The SMILES string of the molecule is ClCc1cc(Br)cc2c(Br)csc12. The summed E-state index contributed by atoms with van der Waals surface area (Å²) in [5.74, 6) is 0.558. The highest BCUT2D eigenvalue weighted by Crippen LogP contribution is 2.35. The summed E-state index contributed by atoms with van der Waals surface area (Å²) in [5.41, 5.74) is 1.18. The molecule has 0 aliphatic heterocycles. The summed E-state index contributed by atoms with van der Waals surface area (Å²) < 4.78 is 3.49. The second-order valence-corrected chi connectivity index (χ2v) is 5.58. The number of benzene rings is 1. The molecule has 0 saturated carbocycles. The van der Waals surface area contributed by atoms with Crippen molar-refractivity contribution in [2.45, 2.75) is 5.88 Å². The van der Waals surface area contributed by atoms with Crippen molar-refractivity contribution in [1.82, 2.24) is 0 Å². The zero-order valence-electron chi connectivity index (χ0n) is 6.48. The minimum Gasteiger partial charge on any atom is -0.142 e. The molecule has 0 atom stereocenters. The Balaban J connectivity index is 2.84. The van der Waals surface area contributed by atoms with Crippen molar-refractivity contribution in [3.8, 4) is 0 Å². The summed E-state index contributed by atoms with van der Waals surface area (Å²) in [4.78, 5) is 0. The lowest BCUT2D eigenvalue weighted by Crippen LogP contribution is -1.78. The topological polar surface area (TPSA) is 0 Å². The van der Waals surface area contributed by atoms with Gasteiger partial charge in [-0.25, -0.2) is 0 Å². The van der Waals surface area contributed by atoms with E-state index in [4.69, 9.17) is 11.6 Å². The lowest BCUT2D eigenvalue weighted by molar-refractivity contribution is 1.45. The Hall–Kier alpha value is 0.430. The molecule has 0 spiro atoms. The van der Waals surface area contributed by atoms with Gasteiger partial charge in [-0.1, -0.05) is 15.9 Å². The van der Waals surface area contributed by atoms with Crippen LogP contribution in [0.15, 0.2) is 26.5 Å². The minimum absolute atomic E-state index is 0.558. The van der Waals surface area contributed by atoms with Crippen LogP contribution in [0.25, 0.3) is 10.1 Å². The molecule has 0 aliphatic carbocycles. The summed E-state index contributed by atoms with van der Waals surface area (Å²) in [6.45, 7) is 0. The average molecular weight is 340 g/mol. The Kier molecular flexibility index (Phi) is 2.98. The van der Waals surface area contributed by atoms with Gasteiger partial charge in [-0.3, -0.25) is 0 Å². The van der Waals surface area contributed by atoms with Crippen LogP contribution in [0, 0.1) is 0 Å². The van der Waals surface area contributed by atoms with Gasteiger partial charge < -0.3 is 0 Å². The molecule has 4 heteroatoms. The van der Waals surface area contributed by atoms with Crippen LogP contribution in [0.2, 0.25) is 0 Å². The van der Waals surface area contributed by atoms with E-state index in [1.54, 1.807) is 11.3 Å². The molecule has 0 amide bonds. The van der Waals surface area contributed by atoms with Crippen molar-refractivity contribution >= 4 is 64.9 Å². The zero-order chi connectivity index (χ0) is 9.42. The molecule has 1 aromatic carbocycles. The van der Waals surface area contributed by atoms with Gasteiger partial charge in [0.05, 0.1) is 0 Å². The van der Waals surface area contributed by atoms with Gasteiger partial charge >= 0.3 is 0 Å². The lowest BCUT2D eigenvalue weighted by atomic mass is 10.2. The van der Waals surface area contributed by atoms with Crippen LogP contribution in [-0.2, 0) is 5.88 Å². The van der Waals surface area contributed by atoms with Crippen LogP contribution in [0.3, 0.4) is 0 Å². The Morgan fingerprint density at radius 2 is 2.08 bits per heavy atom. The third kappa shape index (κ3) is 1.80. The van der Waals surface area contributed by atoms with Crippen molar-refractivity contribution < 1.29 is 0 Å². The number of alkyl halides is 1. The van der Waals surface area contributed by atoms with Gasteiger partial charge in [-0.2, -0.15) is 0 Å². The second kappa shape index (κ2) is 3.89. The third-order valence-corrected chi connectivity index (χ3v) is 4.59. The van der Waals surface area contributed by atoms with E-state index in [-0.39, 0.29) is 0 Å². The fraction of sp³-hybridized carbons (Fsp3) is 0.111. The molecule has 0 fully saturated rings. The Morgan fingerprint density at radius 1 is 1.31 bits per heavy atom. The van der Waals surface area contributed by atoms with Crippen LogP contribution in [0.1, 0.15) is 5.56 Å². The molecule has 1 aromatic heterocycles. The molecule has 0 aliphatic rings. The fourth-order valence-electron chi connectivity index (χ4n) is 1.24. The molecule has 13 heavy (non-hydrogen) atoms. The van der Waals surface area contributed by atoms with Crippen molar-refractivity contribution in [1.29, 1.82) is 0 Å². The quantitative estimate of drug-likeness (QED) is 0.629. The molecule has 0 N–H and O–H groups in total. The third-order valence-electron chi connectivity index (χ3n) is 1.81. The molecule has 0 unspecified atom stereocenters. The first-order valence-electron chi connectivity index (χ1n) is 3.63. The predicted molar refractivity (Wildman–Crippen MR) is 66.8 cm³/mol. The van der Waals surface area contributed by atoms with Gasteiger partial charge in [0.1, 0.15) is 0 Å². The maximum atomic E-state index is 5.86. The highest BCUT2D eigenvalue weighted by atomic mass is 79.9. The number of hydrogen-bond acceptors (Lipinski definition) is 1. The van der Waals surface area contributed by atoms with Crippen molar-refractivity contribution in [3.63, 3.8) is 0 Å². The van der Waals surface area contributed by atoms with E-state index in [9.17, 15) is 0 Å².